The largest absolute Gasteiger partial charge is 0.490 e. The van der Waals surface area contributed by atoms with Gasteiger partial charge < -0.3 is 9.47 Å². The minimum absolute atomic E-state index is 0.134. The van der Waals surface area contributed by atoms with Crippen molar-refractivity contribution in [1.82, 2.24) is 14.9 Å². The van der Waals surface area contributed by atoms with Crippen LogP contribution in [0.15, 0.2) is 28.1 Å². The van der Waals surface area contributed by atoms with Crippen molar-refractivity contribution in [3.8, 4) is 11.5 Å². The molecule has 0 aliphatic carbocycles. The number of rotatable bonds is 7. The molecule has 0 saturated carbocycles. The maximum absolute atomic E-state index is 12.0. The molecule has 0 amide bonds. The van der Waals surface area contributed by atoms with E-state index in [1.54, 1.807) is 6.92 Å². The third-order valence-electron chi connectivity index (χ3n) is 3.07. The molecule has 1 heterocycles. The number of H-pyrrole nitrogens is 1. The fraction of sp³-hybridized carbons (Fsp3) is 0.375. The first-order valence-electron chi connectivity index (χ1n) is 7.69. The van der Waals surface area contributed by atoms with Crippen LogP contribution in [0.4, 0.5) is 0 Å². The Morgan fingerprint density at radius 1 is 1.33 bits per heavy atom. The third-order valence-corrected chi connectivity index (χ3v) is 3.33. The molecule has 2 aromatic rings. The first kappa shape index (κ1) is 17.9. The van der Waals surface area contributed by atoms with Gasteiger partial charge in [0.15, 0.2) is 11.5 Å². The van der Waals surface area contributed by atoms with Crippen molar-refractivity contribution < 1.29 is 9.47 Å². The molecule has 0 radical (unpaired) electrons. The van der Waals surface area contributed by atoms with Crippen LogP contribution in [0.5, 0.6) is 11.5 Å². The van der Waals surface area contributed by atoms with E-state index < -0.39 is 0 Å². The van der Waals surface area contributed by atoms with Crippen molar-refractivity contribution in [1.29, 1.82) is 0 Å². The maximum Gasteiger partial charge on any atom is 0.296 e. The molecule has 128 valence electrons. The second-order valence-corrected chi connectivity index (χ2v) is 5.35. The number of ether oxygens (including phenoxy) is 2. The molecule has 2 rings (SSSR count). The first-order valence-corrected chi connectivity index (χ1v) is 8.10. The first-order chi connectivity index (χ1) is 11.6. The number of nitrogens with one attached hydrogen (secondary N) is 1. The smallest absolute Gasteiger partial charge is 0.296 e. The normalized spacial score (nSPS) is 11.0. The third kappa shape index (κ3) is 4.29. The number of hydrogen-bond acceptors (Lipinski definition) is 6. The summed E-state index contributed by atoms with van der Waals surface area (Å²) in [4.78, 5) is 12.0. The summed E-state index contributed by atoms with van der Waals surface area (Å²) in [5.74, 6) is 1.32. The van der Waals surface area contributed by atoms with Gasteiger partial charge >= 0.3 is 0 Å². The molecule has 0 saturated heterocycles. The van der Waals surface area contributed by atoms with Gasteiger partial charge in [-0.1, -0.05) is 6.92 Å². The Balaban J connectivity index is 2.33. The van der Waals surface area contributed by atoms with Crippen LogP contribution in [0.25, 0.3) is 0 Å². The van der Waals surface area contributed by atoms with Gasteiger partial charge in [-0.05, 0) is 56.2 Å². The van der Waals surface area contributed by atoms with Gasteiger partial charge in [0.2, 0.25) is 4.77 Å². The highest BCUT2D eigenvalue weighted by molar-refractivity contribution is 7.71. The van der Waals surface area contributed by atoms with Crippen LogP contribution in [-0.4, -0.2) is 34.3 Å². The van der Waals surface area contributed by atoms with Gasteiger partial charge in [-0.3, -0.25) is 9.89 Å². The van der Waals surface area contributed by atoms with Crippen LogP contribution in [-0.2, 0) is 0 Å². The van der Waals surface area contributed by atoms with Gasteiger partial charge in [-0.15, -0.1) is 0 Å². The lowest BCUT2D eigenvalue weighted by atomic mass is 10.2. The summed E-state index contributed by atoms with van der Waals surface area (Å²) in [6.07, 6.45) is 2.45. The topological polar surface area (TPSA) is 81.5 Å². The predicted molar refractivity (Wildman–Crippen MR) is 94.8 cm³/mol. The van der Waals surface area contributed by atoms with Crippen molar-refractivity contribution in [2.75, 3.05) is 13.2 Å². The number of nitrogens with zero attached hydrogens (tertiary/aromatic N) is 3. The molecule has 24 heavy (non-hydrogen) atoms. The SMILES string of the molecule is CCCOc1ccc(/C=N/n2c(=S)[nH]nc(C)c2=O)cc1OCC. The van der Waals surface area contributed by atoms with E-state index in [1.165, 1.54) is 6.21 Å². The number of aryl methyl sites for hydroxylation is 1. The van der Waals surface area contributed by atoms with Gasteiger partial charge in [-0.25, -0.2) is 0 Å². The van der Waals surface area contributed by atoms with E-state index in [1.807, 2.05) is 32.0 Å². The van der Waals surface area contributed by atoms with Gasteiger partial charge in [0.1, 0.15) is 5.69 Å². The summed E-state index contributed by atoms with van der Waals surface area (Å²) in [6.45, 7) is 6.68. The molecule has 0 bridgehead atoms. The van der Waals surface area contributed by atoms with Gasteiger partial charge in [-0.2, -0.15) is 14.9 Å². The summed E-state index contributed by atoms with van der Waals surface area (Å²) < 4.78 is 12.5. The molecule has 8 heteroatoms. The van der Waals surface area contributed by atoms with E-state index in [4.69, 9.17) is 21.7 Å². The maximum atomic E-state index is 12.0. The van der Waals surface area contributed by atoms with E-state index >= 15 is 0 Å². The summed E-state index contributed by atoms with van der Waals surface area (Å²) in [5, 5.41) is 10.5. The molecule has 7 nitrogen and oxygen atoms in total. The van der Waals surface area contributed by atoms with Crippen molar-refractivity contribution in [3.05, 3.63) is 44.6 Å². The van der Waals surface area contributed by atoms with E-state index in [0.717, 1.165) is 16.7 Å². The van der Waals surface area contributed by atoms with Gasteiger partial charge in [0, 0.05) is 0 Å². The molecule has 1 aromatic heterocycles. The lowest BCUT2D eigenvalue weighted by molar-refractivity contribution is 0.277. The van der Waals surface area contributed by atoms with Crippen LogP contribution in [0.1, 0.15) is 31.5 Å². The highest BCUT2D eigenvalue weighted by Crippen LogP contribution is 2.28. The summed E-state index contributed by atoms with van der Waals surface area (Å²) >= 11 is 5.04. The molecule has 0 spiro atoms. The summed E-state index contributed by atoms with van der Waals surface area (Å²) in [5.41, 5.74) is 0.695. The highest BCUT2D eigenvalue weighted by atomic mass is 32.1. The zero-order valence-corrected chi connectivity index (χ0v) is 14.7. The number of aromatic amines is 1. The zero-order valence-electron chi connectivity index (χ0n) is 13.9. The molecular formula is C16H20N4O3S. The van der Waals surface area contributed by atoms with Crippen molar-refractivity contribution >= 4 is 18.4 Å². The molecule has 1 N–H and O–H groups in total. The Morgan fingerprint density at radius 3 is 2.83 bits per heavy atom. The fourth-order valence-electron chi connectivity index (χ4n) is 1.91. The van der Waals surface area contributed by atoms with Crippen LogP contribution in [0, 0.1) is 11.7 Å². The van der Waals surface area contributed by atoms with Crippen LogP contribution in [0.2, 0.25) is 0 Å². The molecule has 0 fully saturated rings. The Kier molecular flexibility index (Phi) is 6.25. The number of hydrogen-bond donors (Lipinski definition) is 1. The van der Waals surface area contributed by atoms with Gasteiger partial charge in [0.05, 0.1) is 19.4 Å². The standard InChI is InChI=1S/C16H20N4O3S/c1-4-8-23-13-7-6-12(9-14(13)22-5-2)10-17-20-15(21)11(3)18-19-16(20)24/h6-7,9-10H,4-5,8H2,1-3H3,(H,19,24)/b17-10+. The number of aromatic nitrogens is 3. The average molecular weight is 348 g/mol. The van der Waals surface area contributed by atoms with Crippen molar-refractivity contribution in [2.24, 2.45) is 5.10 Å². The Hall–Kier alpha value is -2.48. The lowest BCUT2D eigenvalue weighted by Crippen LogP contribution is -2.22. The van der Waals surface area contributed by atoms with Crippen molar-refractivity contribution in [3.63, 3.8) is 0 Å². The predicted octanol–water partition coefficient (Wildman–Crippen LogP) is 2.68. The summed E-state index contributed by atoms with van der Waals surface area (Å²) in [6, 6.07) is 5.47. The molecule has 0 aliphatic heterocycles. The van der Waals surface area contributed by atoms with Gasteiger partial charge in [0.25, 0.3) is 5.56 Å². The Morgan fingerprint density at radius 2 is 2.12 bits per heavy atom. The minimum atomic E-state index is -0.358. The minimum Gasteiger partial charge on any atom is -0.490 e. The highest BCUT2D eigenvalue weighted by Gasteiger charge is 2.06. The quantitative estimate of drug-likeness (QED) is 0.614. The van der Waals surface area contributed by atoms with Crippen LogP contribution >= 0.6 is 12.2 Å². The van der Waals surface area contributed by atoms with E-state index in [2.05, 4.69) is 15.3 Å². The monoisotopic (exact) mass is 348 g/mol. The lowest BCUT2D eigenvalue weighted by Gasteiger charge is -2.11. The van der Waals surface area contributed by atoms with E-state index in [0.29, 0.717) is 30.4 Å². The molecule has 0 aliphatic rings. The van der Waals surface area contributed by atoms with Crippen LogP contribution < -0.4 is 15.0 Å². The number of benzene rings is 1. The fourth-order valence-corrected chi connectivity index (χ4v) is 2.08. The summed E-state index contributed by atoms with van der Waals surface area (Å²) in [7, 11) is 0. The zero-order chi connectivity index (χ0) is 17.5. The van der Waals surface area contributed by atoms with E-state index in [-0.39, 0.29) is 10.3 Å². The molecule has 1 aromatic carbocycles. The molecule has 0 atom stereocenters. The van der Waals surface area contributed by atoms with Crippen molar-refractivity contribution in [2.45, 2.75) is 27.2 Å². The van der Waals surface area contributed by atoms with Crippen LogP contribution in [0.3, 0.4) is 0 Å². The second kappa shape index (κ2) is 8.39. The molecule has 0 unspecified atom stereocenters. The average Bonchev–Trinajstić information content (AvgIpc) is 2.58. The van der Waals surface area contributed by atoms with E-state index in [9.17, 15) is 4.79 Å². The molecular weight excluding hydrogens is 328 g/mol. The Bertz CT molecular complexity index is 842. The Labute approximate surface area is 144 Å². The second-order valence-electron chi connectivity index (χ2n) is 4.96.